The van der Waals surface area contributed by atoms with Crippen LogP contribution in [-0.4, -0.2) is 28.2 Å². The summed E-state index contributed by atoms with van der Waals surface area (Å²) in [6.07, 6.45) is 0.597. The highest BCUT2D eigenvalue weighted by atomic mass is 16.6. The largest absolute Gasteiger partial charge is 0.480 e. The van der Waals surface area contributed by atoms with E-state index in [-0.39, 0.29) is 6.42 Å². The van der Waals surface area contributed by atoms with Gasteiger partial charge < -0.3 is 15.6 Å². The number of ether oxygens (including phenoxy) is 1. The van der Waals surface area contributed by atoms with E-state index in [2.05, 4.69) is 0 Å². The summed E-state index contributed by atoms with van der Waals surface area (Å²) in [7, 11) is 0. The van der Waals surface area contributed by atoms with Gasteiger partial charge in [-0.05, 0) is 33.6 Å². The molecule has 0 aromatic carbocycles. The van der Waals surface area contributed by atoms with Gasteiger partial charge in [0.25, 0.3) is 0 Å². The maximum absolute atomic E-state index is 11.9. The first-order valence-electron chi connectivity index (χ1n) is 5.35. The van der Waals surface area contributed by atoms with Gasteiger partial charge in [0, 0.05) is 5.54 Å². The fourth-order valence-electron chi connectivity index (χ4n) is 1.87. The van der Waals surface area contributed by atoms with Gasteiger partial charge in [-0.15, -0.1) is 0 Å². The molecule has 0 aromatic heterocycles. The molecule has 3 N–H and O–H groups in total. The molecule has 0 amide bonds. The van der Waals surface area contributed by atoms with Crippen LogP contribution in [0.1, 0.15) is 40.5 Å². The molecular weight excluding hydrogens is 210 g/mol. The maximum atomic E-state index is 11.9. The first-order chi connectivity index (χ1) is 7.09. The summed E-state index contributed by atoms with van der Waals surface area (Å²) in [6, 6.07) is 0. The Balaban J connectivity index is 2.92. The zero-order valence-electron chi connectivity index (χ0n) is 10.2. The smallest absolute Gasteiger partial charge is 0.326 e. The van der Waals surface area contributed by atoms with Crippen molar-refractivity contribution < 1.29 is 19.4 Å². The van der Waals surface area contributed by atoms with Crippen LogP contribution in [0.15, 0.2) is 0 Å². The Bertz CT molecular complexity index is 333. The summed E-state index contributed by atoms with van der Waals surface area (Å²) in [5.41, 5.74) is 2.66. The predicted molar refractivity (Wildman–Crippen MR) is 57.7 cm³/mol. The highest BCUT2D eigenvalue weighted by molar-refractivity contribution is 6.05. The second kappa shape index (κ2) is 3.45. The van der Waals surface area contributed by atoms with Gasteiger partial charge in [-0.2, -0.15) is 0 Å². The molecule has 92 valence electrons. The second-order valence-corrected chi connectivity index (χ2v) is 5.40. The molecule has 0 unspecified atom stereocenters. The van der Waals surface area contributed by atoms with E-state index in [1.807, 2.05) is 0 Å². The molecule has 1 saturated carbocycles. The Hall–Kier alpha value is -1.10. The zero-order valence-corrected chi connectivity index (χ0v) is 10.2. The van der Waals surface area contributed by atoms with Crippen molar-refractivity contribution in [3.05, 3.63) is 0 Å². The molecule has 0 aromatic rings. The molecule has 5 nitrogen and oxygen atoms in total. The van der Waals surface area contributed by atoms with Crippen LogP contribution in [0.4, 0.5) is 0 Å². The molecule has 5 heteroatoms. The van der Waals surface area contributed by atoms with Crippen LogP contribution in [0.5, 0.6) is 0 Å². The van der Waals surface area contributed by atoms with Crippen LogP contribution in [0, 0.1) is 5.41 Å². The van der Waals surface area contributed by atoms with Crippen molar-refractivity contribution in [1.29, 1.82) is 0 Å². The lowest BCUT2D eigenvalue weighted by Crippen LogP contribution is -2.43. The van der Waals surface area contributed by atoms with Gasteiger partial charge in [-0.1, -0.05) is 6.92 Å². The topological polar surface area (TPSA) is 89.6 Å². The Kier molecular flexibility index (Phi) is 2.79. The molecule has 1 aliphatic rings. The highest BCUT2D eigenvalue weighted by Crippen LogP contribution is 2.57. The SMILES string of the molecule is CC[C@]1(N)C[C@]1(C(=O)O)C(=O)OC(C)(C)C. The third-order valence-corrected chi connectivity index (χ3v) is 3.05. The molecule has 1 aliphatic carbocycles. The monoisotopic (exact) mass is 229 g/mol. The Morgan fingerprint density at radius 3 is 2.19 bits per heavy atom. The fourth-order valence-corrected chi connectivity index (χ4v) is 1.87. The average Bonchev–Trinajstić information content (AvgIpc) is 2.72. The molecule has 0 aliphatic heterocycles. The zero-order chi connectivity index (χ0) is 12.8. The average molecular weight is 229 g/mol. The van der Waals surface area contributed by atoms with Crippen molar-refractivity contribution in [2.45, 2.75) is 51.7 Å². The maximum Gasteiger partial charge on any atom is 0.326 e. The van der Waals surface area contributed by atoms with Crippen molar-refractivity contribution in [3.8, 4) is 0 Å². The lowest BCUT2D eigenvalue weighted by Gasteiger charge is -2.24. The molecule has 0 saturated heterocycles. The van der Waals surface area contributed by atoms with Crippen molar-refractivity contribution in [2.75, 3.05) is 0 Å². The van der Waals surface area contributed by atoms with E-state index in [1.54, 1.807) is 27.7 Å². The van der Waals surface area contributed by atoms with Crippen LogP contribution in [0.3, 0.4) is 0 Å². The molecule has 0 bridgehead atoms. The minimum absolute atomic E-state index is 0.154. The third kappa shape index (κ3) is 1.80. The van der Waals surface area contributed by atoms with E-state index in [9.17, 15) is 9.59 Å². The van der Waals surface area contributed by atoms with Crippen molar-refractivity contribution in [3.63, 3.8) is 0 Å². The van der Waals surface area contributed by atoms with Gasteiger partial charge >= 0.3 is 11.9 Å². The first-order valence-corrected chi connectivity index (χ1v) is 5.35. The van der Waals surface area contributed by atoms with Crippen molar-refractivity contribution >= 4 is 11.9 Å². The summed E-state index contributed by atoms with van der Waals surface area (Å²) in [6.45, 7) is 6.88. The number of rotatable bonds is 3. The number of nitrogens with two attached hydrogens (primary N) is 1. The number of hydrogen-bond acceptors (Lipinski definition) is 4. The quantitative estimate of drug-likeness (QED) is 0.554. The Labute approximate surface area is 95.0 Å². The Morgan fingerprint density at radius 2 is 1.94 bits per heavy atom. The summed E-state index contributed by atoms with van der Waals surface area (Å²) in [4.78, 5) is 23.1. The minimum atomic E-state index is -1.55. The number of carboxylic acid groups (broad SMARTS) is 1. The van der Waals surface area contributed by atoms with E-state index in [0.29, 0.717) is 6.42 Å². The number of carboxylic acids is 1. The van der Waals surface area contributed by atoms with E-state index >= 15 is 0 Å². The van der Waals surface area contributed by atoms with Crippen LogP contribution in [0.25, 0.3) is 0 Å². The highest BCUT2D eigenvalue weighted by Gasteiger charge is 2.76. The van der Waals surface area contributed by atoms with Crippen molar-refractivity contribution in [2.24, 2.45) is 11.1 Å². The summed E-state index contributed by atoms with van der Waals surface area (Å²) in [5, 5.41) is 9.16. The first kappa shape index (κ1) is 13.0. The normalized spacial score (nSPS) is 33.3. The number of carbonyl (C=O) groups is 2. The van der Waals surface area contributed by atoms with Gasteiger partial charge in [0.1, 0.15) is 5.60 Å². The molecule has 2 atom stereocenters. The number of esters is 1. The Morgan fingerprint density at radius 1 is 1.44 bits per heavy atom. The summed E-state index contributed by atoms with van der Waals surface area (Å²) >= 11 is 0. The second-order valence-electron chi connectivity index (χ2n) is 5.40. The molecule has 0 heterocycles. The van der Waals surface area contributed by atoms with Crippen LogP contribution in [0.2, 0.25) is 0 Å². The third-order valence-electron chi connectivity index (χ3n) is 3.05. The van der Waals surface area contributed by atoms with E-state index in [0.717, 1.165) is 0 Å². The molecule has 1 fully saturated rings. The molecular formula is C11H19NO4. The standard InChI is InChI=1S/C11H19NO4/c1-5-10(12)6-11(10,7(13)14)8(15)16-9(2,3)4/h5-6,12H2,1-4H3,(H,13,14)/t10-,11-/m0/s1. The van der Waals surface area contributed by atoms with Gasteiger partial charge in [-0.3, -0.25) is 9.59 Å². The number of hydrogen-bond donors (Lipinski definition) is 2. The summed E-state index contributed by atoms with van der Waals surface area (Å²) in [5.74, 6) is -1.91. The predicted octanol–water partition coefficient (Wildman–Crippen LogP) is 0.910. The van der Waals surface area contributed by atoms with E-state index in [4.69, 9.17) is 15.6 Å². The van der Waals surface area contributed by atoms with Gasteiger partial charge in [-0.25, -0.2) is 0 Å². The summed E-state index contributed by atoms with van der Waals surface area (Å²) < 4.78 is 5.12. The van der Waals surface area contributed by atoms with E-state index in [1.165, 1.54) is 0 Å². The van der Waals surface area contributed by atoms with Crippen LogP contribution >= 0.6 is 0 Å². The lowest BCUT2D eigenvalue weighted by molar-refractivity contribution is -0.170. The molecule has 1 rings (SSSR count). The van der Waals surface area contributed by atoms with Crippen LogP contribution in [-0.2, 0) is 14.3 Å². The minimum Gasteiger partial charge on any atom is -0.480 e. The molecule has 0 spiro atoms. The number of aliphatic carboxylic acids is 1. The van der Waals surface area contributed by atoms with Crippen LogP contribution < -0.4 is 5.73 Å². The molecule has 16 heavy (non-hydrogen) atoms. The van der Waals surface area contributed by atoms with Gasteiger partial charge in [0.2, 0.25) is 0 Å². The fraction of sp³-hybridized carbons (Fsp3) is 0.818. The lowest BCUT2D eigenvalue weighted by atomic mass is 9.98. The number of carbonyl (C=O) groups excluding carboxylic acids is 1. The van der Waals surface area contributed by atoms with Crippen molar-refractivity contribution in [1.82, 2.24) is 0 Å². The van der Waals surface area contributed by atoms with Gasteiger partial charge in [0.05, 0.1) is 0 Å². The van der Waals surface area contributed by atoms with Gasteiger partial charge in [0.15, 0.2) is 5.41 Å². The van der Waals surface area contributed by atoms with E-state index < -0.39 is 28.5 Å². The molecule has 0 radical (unpaired) electrons.